The predicted octanol–water partition coefficient (Wildman–Crippen LogP) is 0.457. The summed E-state index contributed by atoms with van der Waals surface area (Å²) in [5, 5.41) is -0.143. The first-order chi connectivity index (χ1) is 7.17. The van der Waals surface area contributed by atoms with Crippen LogP contribution in [0.4, 0.5) is 5.69 Å². The van der Waals surface area contributed by atoms with Crippen molar-refractivity contribution in [2.24, 2.45) is 0 Å². The maximum atomic E-state index is 11.6. The summed E-state index contributed by atoms with van der Waals surface area (Å²) in [5.41, 5.74) is 1.09. The maximum absolute atomic E-state index is 11.6. The minimum Gasteiger partial charge on any atom is -0.366 e. The third-order valence-corrected chi connectivity index (χ3v) is 5.51. The van der Waals surface area contributed by atoms with Gasteiger partial charge in [0.05, 0.1) is 11.0 Å². The van der Waals surface area contributed by atoms with Gasteiger partial charge in [0.25, 0.3) is 0 Å². The van der Waals surface area contributed by atoms with Gasteiger partial charge in [-0.15, -0.1) is 0 Å². The number of nitrogens with zero attached hydrogens (tertiary/aromatic N) is 2. The average Bonchev–Trinajstić information content (AvgIpc) is 2.74. The maximum Gasteiger partial charge on any atom is 0.156 e. The van der Waals surface area contributed by atoms with E-state index in [9.17, 15) is 8.42 Å². The Bertz CT molecular complexity index is 471. The molecule has 2 atom stereocenters. The highest BCUT2D eigenvalue weighted by atomic mass is 32.2. The van der Waals surface area contributed by atoms with Gasteiger partial charge in [0.15, 0.2) is 9.84 Å². The van der Waals surface area contributed by atoms with Gasteiger partial charge in [-0.2, -0.15) is 0 Å². The highest BCUT2D eigenvalue weighted by molar-refractivity contribution is 7.92. The van der Waals surface area contributed by atoms with E-state index in [0.717, 1.165) is 12.1 Å². The van der Waals surface area contributed by atoms with Crippen LogP contribution in [0, 0.1) is 0 Å². The lowest BCUT2D eigenvalue weighted by Crippen LogP contribution is -2.40. The summed E-state index contributed by atoms with van der Waals surface area (Å²) in [6.45, 7) is 0.650. The fourth-order valence-electron chi connectivity index (χ4n) is 2.55. The van der Waals surface area contributed by atoms with Gasteiger partial charge in [-0.3, -0.25) is 4.98 Å². The van der Waals surface area contributed by atoms with Crippen LogP contribution >= 0.6 is 0 Å². The number of fused-ring (bicyclic) bond motifs is 2. The Morgan fingerprint density at radius 1 is 1.33 bits per heavy atom. The topological polar surface area (TPSA) is 50.3 Å². The average molecular weight is 224 g/mol. The van der Waals surface area contributed by atoms with Crippen molar-refractivity contribution in [3.05, 3.63) is 24.5 Å². The molecule has 0 aliphatic carbocycles. The Balaban J connectivity index is 1.90. The van der Waals surface area contributed by atoms with Crippen molar-refractivity contribution in [1.29, 1.82) is 0 Å². The Hall–Kier alpha value is -1.10. The third-order valence-electron chi connectivity index (χ3n) is 3.30. The van der Waals surface area contributed by atoms with E-state index in [1.54, 1.807) is 12.4 Å². The molecular weight excluding hydrogens is 212 g/mol. The second kappa shape index (κ2) is 2.95. The zero-order chi connectivity index (χ0) is 10.5. The predicted molar refractivity (Wildman–Crippen MR) is 57.6 cm³/mol. The second-order valence-corrected chi connectivity index (χ2v) is 6.52. The molecule has 0 aromatic carbocycles. The highest BCUT2D eigenvalue weighted by Crippen LogP contribution is 2.35. The lowest BCUT2D eigenvalue weighted by molar-refractivity contribution is 0.585. The van der Waals surface area contributed by atoms with Gasteiger partial charge in [0, 0.05) is 30.7 Å². The van der Waals surface area contributed by atoms with Crippen molar-refractivity contribution < 1.29 is 8.42 Å². The Morgan fingerprint density at radius 3 is 2.60 bits per heavy atom. The molecule has 2 bridgehead atoms. The van der Waals surface area contributed by atoms with E-state index in [2.05, 4.69) is 9.88 Å². The highest BCUT2D eigenvalue weighted by Gasteiger charge is 2.48. The molecule has 4 nitrogen and oxygen atoms in total. The number of pyridine rings is 1. The Labute approximate surface area is 88.8 Å². The van der Waals surface area contributed by atoms with E-state index in [-0.39, 0.29) is 11.3 Å². The summed E-state index contributed by atoms with van der Waals surface area (Å²) in [5.74, 6) is 0.319. The quantitative estimate of drug-likeness (QED) is 0.695. The Kier molecular flexibility index (Phi) is 1.80. The van der Waals surface area contributed by atoms with Crippen LogP contribution in [0.3, 0.4) is 0 Å². The van der Waals surface area contributed by atoms with Crippen LogP contribution in [0.25, 0.3) is 0 Å². The molecule has 0 saturated carbocycles. The minimum atomic E-state index is -2.79. The lowest BCUT2D eigenvalue weighted by Gasteiger charge is -2.28. The van der Waals surface area contributed by atoms with Crippen LogP contribution in [-0.4, -0.2) is 37.0 Å². The molecule has 1 aromatic heterocycles. The fraction of sp³-hybridized carbons (Fsp3) is 0.500. The summed E-state index contributed by atoms with van der Waals surface area (Å²) in [6.07, 6.45) is 4.29. The van der Waals surface area contributed by atoms with Crippen molar-refractivity contribution >= 4 is 15.5 Å². The second-order valence-electron chi connectivity index (χ2n) is 4.20. The van der Waals surface area contributed by atoms with Gasteiger partial charge in [-0.1, -0.05) is 0 Å². The summed E-state index contributed by atoms with van der Waals surface area (Å²) in [7, 11) is -2.79. The van der Waals surface area contributed by atoms with E-state index in [1.165, 1.54) is 0 Å². The zero-order valence-corrected chi connectivity index (χ0v) is 9.02. The van der Waals surface area contributed by atoms with Gasteiger partial charge < -0.3 is 4.90 Å². The molecule has 2 unspecified atom stereocenters. The number of sulfone groups is 1. The molecule has 3 heterocycles. The summed E-state index contributed by atoms with van der Waals surface area (Å²) < 4.78 is 23.1. The van der Waals surface area contributed by atoms with E-state index in [0.29, 0.717) is 12.3 Å². The number of hydrogen-bond donors (Lipinski definition) is 0. The van der Waals surface area contributed by atoms with Gasteiger partial charge >= 0.3 is 0 Å². The van der Waals surface area contributed by atoms with Gasteiger partial charge in [0.1, 0.15) is 0 Å². The molecule has 2 fully saturated rings. The van der Waals surface area contributed by atoms with Crippen LogP contribution in [-0.2, 0) is 9.84 Å². The minimum absolute atomic E-state index is 0.143. The first kappa shape index (κ1) is 9.15. The molecule has 3 rings (SSSR count). The summed E-state index contributed by atoms with van der Waals surface area (Å²) in [6, 6.07) is 4.06. The molecule has 2 aliphatic heterocycles. The largest absolute Gasteiger partial charge is 0.366 e. The number of anilines is 1. The molecule has 2 aliphatic rings. The van der Waals surface area contributed by atoms with Gasteiger partial charge in [-0.05, 0) is 18.6 Å². The molecule has 0 radical (unpaired) electrons. The van der Waals surface area contributed by atoms with Crippen molar-refractivity contribution in [3.8, 4) is 0 Å². The first-order valence-corrected chi connectivity index (χ1v) is 6.76. The SMILES string of the molecule is O=S1(=O)CC2CC1CN2c1ccncc1. The molecule has 0 spiro atoms. The lowest BCUT2D eigenvalue weighted by atomic mass is 10.2. The first-order valence-electron chi connectivity index (χ1n) is 5.05. The van der Waals surface area contributed by atoms with Gasteiger partial charge in [0.2, 0.25) is 0 Å². The smallest absolute Gasteiger partial charge is 0.156 e. The number of aromatic nitrogens is 1. The zero-order valence-electron chi connectivity index (χ0n) is 8.20. The van der Waals surface area contributed by atoms with Crippen LogP contribution < -0.4 is 4.90 Å². The standard InChI is InChI=1S/C10H12N2O2S/c13-15(14)7-9-5-10(15)6-12(9)8-1-3-11-4-2-8/h1-4,9-10H,5-7H2. The molecule has 80 valence electrons. The molecular formula is C10H12N2O2S. The molecule has 0 N–H and O–H groups in total. The van der Waals surface area contributed by atoms with Crippen LogP contribution in [0.5, 0.6) is 0 Å². The molecule has 15 heavy (non-hydrogen) atoms. The normalized spacial score (nSPS) is 32.1. The van der Waals surface area contributed by atoms with Crippen molar-refractivity contribution in [2.45, 2.75) is 17.7 Å². The monoisotopic (exact) mass is 224 g/mol. The van der Waals surface area contributed by atoms with Crippen LogP contribution in [0.2, 0.25) is 0 Å². The molecule has 2 saturated heterocycles. The van der Waals surface area contributed by atoms with Crippen molar-refractivity contribution in [2.75, 3.05) is 17.2 Å². The van der Waals surface area contributed by atoms with Gasteiger partial charge in [-0.25, -0.2) is 8.42 Å². The summed E-state index contributed by atoms with van der Waals surface area (Å²) >= 11 is 0. The Morgan fingerprint density at radius 2 is 2.07 bits per heavy atom. The molecule has 0 amide bonds. The summed E-state index contributed by atoms with van der Waals surface area (Å²) in [4.78, 5) is 6.15. The van der Waals surface area contributed by atoms with Crippen LogP contribution in [0.15, 0.2) is 24.5 Å². The van der Waals surface area contributed by atoms with Crippen molar-refractivity contribution in [3.63, 3.8) is 0 Å². The van der Waals surface area contributed by atoms with E-state index < -0.39 is 9.84 Å². The number of hydrogen-bond acceptors (Lipinski definition) is 4. The number of rotatable bonds is 1. The van der Waals surface area contributed by atoms with E-state index in [4.69, 9.17) is 0 Å². The van der Waals surface area contributed by atoms with E-state index >= 15 is 0 Å². The molecule has 1 aromatic rings. The van der Waals surface area contributed by atoms with Crippen molar-refractivity contribution in [1.82, 2.24) is 4.98 Å². The fourth-order valence-corrected chi connectivity index (χ4v) is 4.58. The van der Waals surface area contributed by atoms with Crippen LogP contribution in [0.1, 0.15) is 6.42 Å². The van der Waals surface area contributed by atoms with E-state index in [1.807, 2.05) is 12.1 Å². The molecule has 5 heteroatoms. The third kappa shape index (κ3) is 1.33.